The van der Waals surface area contributed by atoms with E-state index in [0.29, 0.717) is 23.7 Å². The third kappa shape index (κ3) is 5.57. The lowest BCUT2D eigenvalue weighted by atomic mass is 10.1. The Labute approximate surface area is 211 Å². The van der Waals surface area contributed by atoms with Crippen molar-refractivity contribution in [1.29, 1.82) is 0 Å². The predicted molar refractivity (Wildman–Crippen MR) is 130 cm³/mol. The molecule has 1 fully saturated rings. The van der Waals surface area contributed by atoms with Gasteiger partial charge in [0.05, 0.1) is 36.1 Å². The number of alkyl halides is 3. The van der Waals surface area contributed by atoms with Crippen LogP contribution in [0.1, 0.15) is 30.3 Å². The van der Waals surface area contributed by atoms with Crippen LogP contribution in [-0.4, -0.2) is 51.2 Å². The molecule has 0 aliphatic carbocycles. The summed E-state index contributed by atoms with van der Waals surface area (Å²) in [5.41, 5.74) is 3.18. The molecule has 9 nitrogen and oxygen atoms in total. The normalized spacial score (nSPS) is 16.4. The van der Waals surface area contributed by atoms with Gasteiger partial charge in [0.1, 0.15) is 5.69 Å². The molecule has 1 aliphatic heterocycles. The number of amides is 3. The van der Waals surface area contributed by atoms with Crippen LogP contribution in [0, 0.1) is 6.92 Å². The van der Waals surface area contributed by atoms with Gasteiger partial charge in [-0.2, -0.15) is 13.2 Å². The molecule has 0 saturated carbocycles. The first-order valence-corrected chi connectivity index (χ1v) is 11.4. The maximum Gasteiger partial charge on any atom is 0.418 e. The number of nitrogens with one attached hydrogen (secondary N) is 1. The van der Waals surface area contributed by atoms with Crippen LogP contribution in [0.4, 0.5) is 23.7 Å². The van der Waals surface area contributed by atoms with Crippen molar-refractivity contribution in [3.8, 4) is 11.6 Å². The standard InChI is InChI=1S/C25H25F3N6O3/c1-16-14-32(15-29-16)21-10-8-18(30-23(21)37-3)9-11-22(35)31-33-13-12-17(2)34(24(33)36)20-7-5-4-6-19(20)25(26,27)28/h4-11,14-15,17H,12-13H2,1-3H3,(H,31,35). The van der Waals surface area contributed by atoms with Crippen LogP contribution in [0.2, 0.25) is 0 Å². The molecule has 3 heterocycles. The topological polar surface area (TPSA) is 92.6 Å². The number of rotatable bonds is 6. The minimum atomic E-state index is -4.63. The highest BCUT2D eigenvalue weighted by atomic mass is 19.4. The number of halogens is 3. The predicted octanol–water partition coefficient (Wildman–Crippen LogP) is 4.37. The molecule has 3 aromatic rings. The minimum Gasteiger partial charge on any atom is -0.479 e. The average Bonchev–Trinajstić information content (AvgIpc) is 3.30. The SMILES string of the molecule is COc1nc(C=CC(=O)NN2CCC(C)N(c3ccccc3C(F)(F)F)C2=O)ccc1-n1cnc(C)c1. The third-order valence-corrected chi connectivity index (χ3v) is 5.81. The summed E-state index contributed by atoms with van der Waals surface area (Å²) in [5.74, 6) is -0.318. The van der Waals surface area contributed by atoms with E-state index in [2.05, 4.69) is 15.4 Å². The van der Waals surface area contributed by atoms with Gasteiger partial charge in [0.2, 0.25) is 5.88 Å². The number of hydrazine groups is 1. The fourth-order valence-corrected chi connectivity index (χ4v) is 4.00. The van der Waals surface area contributed by atoms with Crippen molar-refractivity contribution in [2.75, 3.05) is 18.6 Å². The summed E-state index contributed by atoms with van der Waals surface area (Å²) in [6.07, 6.45) is 1.79. The molecular weight excluding hydrogens is 489 g/mol. The minimum absolute atomic E-state index is 0.148. The van der Waals surface area contributed by atoms with Gasteiger partial charge in [-0.3, -0.25) is 15.1 Å². The zero-order chi connectivity index (χ0) is 26.7. The smallest absolute Gasteiger partial charge is 0.418 e. The van der Waals surface area contributed by atoms with Crippen LogP contribution < -0.4 is 15.1 Å². The summed E-state index contributed by atoms with van der Waals surface area (Å²) < 4.78 is 47.8. The molecule has 194 valence electrons. The van der Waals surface area contributed by atoms with Gasteiger partial charge in [-0.05, 0) is 50.6 Å². The molecule has 1 N–H and O–H groups in total. The van der Waals surface area contributed by atoms with Crippen LogP contribution >= 0.6 is 0 Å². The van der Waals surface area contributed by atoms with E-state index >= 15 is 0 Å². The summed E-state index contributed by atoms with van der Waals surface area (Å²) in [7, 11) is 1.47. The average molecular weight is 515 g/mol. The van der Waals surface area contributed by atoms with Gasteiger partial charge in [0, 0.05) is 24.9 Å². The Hall–Kier alpha value is -4.35. The van der Waals surface area contributed by atoms with E-state index in [1.54, 1.807) is 30.0 Å². The van der Waals surface area contributed by atoms with Crippen molar-refractivity contribution >= 4 is 23.7 Å². The Kier molecular flexibility index (Phi) is 7.18. The molecule has 2 aromatic heterocycles. The maximum atomic E-state index is 13.6. The zero-order valence-corrected chi connectivity index (χ0v) is 20.4. The number of urea groups is 1. The first-order chi connectivity index (χ1) is 17.6. The number of benzene rings is 1. The van der Waals surface area contributed by atoms with Crippen molar-refractivity contribution in [1.82, 2.24) is 25.0 Å². The van der Waals surface area contributed by atoms with Crippen LogP contribution in [0.3, 0.4) is 0 Å². The molecule has 12 heteroatoms. The van der Waals surface area contributed by atoms with Gasteiger partial charge in [-0.25, -0.2) is 19.8 Å². The lowest BCUT2D eigenvalue weighted by Gasteiger charge is -2.40. The van der Waals surface area contributed by atoms with Crippen molar-refractivity contribution < 1.29 is 27.5 Å². The monoisotopic (exact) mass is 514 g/mol. The van der Waals surface area contributed by atoms with Crippen molar-refractivity contribution in [2.45, 2.75) is 32.5 Å². The largest absolute Gasteiger partial charge is 0.479 e. The highest BCUT2D eigenvalue weighted by Crippen LogP contribution is 2.38. The van der Waals surface area contributed by atoms with E-state index in [1.165, 1.54) is 37.5 Å². The number of imidazole rings is 1. The van der Waals surface area contributed by atoms with Crippen LogP contribution in [0.5, 0.6) is 5.88 Å². The zero-order valence-electron chi connectivity index (χ0n) is 20.4. The number of anilines is 1. The van der Waals surface area contributed by atoms with Gasteiger partial charge in [-0.1, -0.05) is 12.1 Å². The molecule has 1 aliphatic rings. The molecule has 0 radical (unpaired) electrons. The highest BCUT2D eigenvalue weighted by Gasteiger charge is 2.40. The molecule has 37 heavy (non-hydrogen) atoms. The number of nitrogens with zero attached hydrogens (tertiary/aromatic N) is 5. The van der Waals surface area contributed by atoms with E-state index in [1.807, 2.05) is 13.1 Å². The van der Waals surface area contributed by atoms with Gasteiger partial charge < -0.3 is 9.30 Å². The van der Waals surface area contributed by atoms with Crippen molar-refractivity contribution in [2.24, 2.45) is 0 Å². The molecule has 1 unspecified atom stereocenters. The Morgan fingerprint density at radius 3 is 2.62 bits per heavy atom. The lowest BCUT2D eigenvalue weighted by Crippen LogP contribution is -2.59. The van der Waals surface area contributed by atoms with E-state index in [0.717, 1.165) is 21.7 Å². The van der Waals surface area contributed by atoms with Crippen molar-refractivity contribution in [3.63, 3.8) is 0 Å². The number of hydrogen-bond acceptors (Lipinski definition) is 5. The van der Waals surface area contributed by atoms with E-state index in [-0.39, 0.29) is 12.2 Å². The number of para-hydroxylation sites is 1. The number of ether oxygens (including phenoxy) is 1. The third-order valence-electron chi connectivity index (χ3n) is 5.81. The summed E-state index contributed by atoms with van der Waals surface area (Å²) in [4.78, 5) is 35.3. The van der Waals surface area contributed by atoms with Gasteiger partial charge in [-0.15, -0.1) is 0 Å². The van der Waals surface area contributed by atoms with E-state index in [4.69, 9.17) is 4.74 Å². The summed E-state index contributed by atoms with van der Waals surface area (Å²) >= 11 is 0. The molecule has 0 bridgehead atoms. The van der Waals surface area contributed by atoms with Gasteiger partial charge in [0.25, 0.3) is 5.91 Å². The fourth-order valence-electron chi connectivity index (χ4n) is 4.00. The molecule has 0 spiro atoms. The second-order valence-electron chi connectivity index (χ2n) is 8.45. The lowest BCUT2D eigenvalue weighted by molar-refractivity contribution is -0.137. The van der Waals surface area contributed by atoms with Crippen LogP contribution in [0.15, 0.2) is 55.0 Å². The number of carbonyl (C=O) groups excluding carboxylic acids is 2. The summed E-state index contributed by atoms with van der Waals surface area (Å²) in [6, 6.07) is 7.07. The molecular formula is C25H25F3N6O3. The molecule has 1 aromatic carbocycles. The molecule has 1 atom stereocenters. The molecule has 1 saturated heterocycles. The first-order valence-electron chi connectivity index (χ1n) is 11.4. The molecule has 3 amide bonds. The molecule has 4 rings (SSSR count). The quantitative estimate of drug-likeness (QED) is 0.494. The second-order valence-corrected chi connectivity index (χ2v) is 8.45. The number of aryl methyl sites for hydroxylation is 1. The summed E-state index contributed by atoms with van der Waals surface area (Å²) in [5, 5.41) is 1.01. The number of pyridine rings is 1. The Morgan fingerprint density at radius 2 is 1.95 bits per heavy atom. The van der Waals surface area contributed by atoms with Crippen molar-refractivity contribution in [3.05, 3.63) is 71.9 Å². The number of aromatic nitrogens is 3. The van der Waals surface area contributed by atoms with Gasteiger partial charge >= 0.3 is 12.2 Å². The first kappa shape index (κ1) is 25.7. The number of hydrogen-bond donors (Lipinski definition) is 1. The Bertz CT molecular complexity index is 1340. The second kappa shape index (κ2) is 10.3. The Morgan fingerprint density at radius 1 is 1.19 bits per heavy atom. The van der Waals surface area contributed by atoms with E-state index < -0.39 is 29.7 Å². The highest BCUT2D eigenvalue weighted by molar-refractivity contribution is 5.97. The summed E-state index contributed by atoms with van der Waals surface area (Å²) in [6.45, 7) is 3.67. The Balaban J connectivity index is 1.48. The number of methoxy groups -OCH3 is 1. The van der Waals surface area contributed by atoms with Gasteiger partial charge in [0.15, 0.2) is 0 Å². The van der Waals surface area contributed by atoms with Crippen LogP contribution in [-0.2, 0) is 11.0 Å². The maximum absolute atomic E-state index is 13.6. The fraction of sp³-hybridized carbons (Fsp3) is 0.280. The van der Waals surface area contributed by atoms with E-state index in [9.17, 15) is 22.8 Å². The van der Waals surface area contributed by atoms with Crippen LogP contribution in [0.25, 0.3) is 11.8 Å². The number of carbonyl (C=O) groups is 2.